The van der Waals surface area contributed by atoms with Gasteiger partial charge >= 0.3 is 6.03 Å². The van der Waals surface area contributed by atoms with Crippen LogP contribution >= 0.6 is 0 Å². The highest BCUT2D eigenvalue weighted by molar-refractivity contribution is 5.76. The van der Waals surface area contributed by atoms with Crippen LogP contribution in [0, 0.1) is 0 Å². The van der Waals surface area contributed by atoms with E-state index in [0.29, 0.717) is 19.3 Å². The molecule has 0 bridgehead atoms. The lowest BCUT2D eigenvalue weighted by molar-refractivity contribution is 0.0379. The molecule has 112 valence electrons. The summed E-state index contributed by atoms with van der Waals surface area (Å²) >= 11 is 0. The minimum Gasteiger partial charge on any atom is -0.378 e. The SMILES string of the molecule is O=C(N1CCOCC1)N(C1CC1)C1CCc2ccccc21. The van der Waals surface area contributed by atoms with Crippen LogP contribution in [0.2, 0.25) is 0 Å². The number of rotatable bonds is 2. The fraction of sp³-hybridized carbons (Fsp3) is 0.588. The molecule has 1 aromatic rings. The molecule has 4 nitrogen and oxygen atoms in total. The predicted molar refractivity (Wildman–Crippen MR) is 80.2 cm³/mol. The van der Waals surface area contributed by atoms with Gasteiger partial charge in [0.25, 0.3) is 0 Å². The topological polar surface area (TPSA) is 32.8 Å². The third-order valence-corrected chi connectivity index (χ3v) is 4.88. The van der Waals surface area contributed by atoms with Gasteiger partial charge in [0, 0.05) is 19.1 Å². The van der Waals surface area contributed by atoms with E-state index in [1.165, 1.54) is 11.1 Å². The molecule has 2 amide bonds. The lowest BCUT2D eigenvalue weighted by Gasteiger charge is -2.36. The lowest BCUT2D eigenvalue weighted by atomic mass is 10.1. The zero-order valence-corrected chi connectivity index (χ0v) is 12.3. The van der Waals surface area contributed by atoms with Crippen molar-refractivity contribution in [3.63, 3.8) is 0 Å². The minimum atomic E-state index is 0.225. The Morgan fingerprint density at radius 3 is 2.67 bits per heavy atom. The molecular weight excluding hydrogens is 264 g/mol. The van der Waals surface area contributed by atoms with Gasteiger partial charge in [-0.3, -0.25) is 0 Å². The lowest BCUT2D eigenvalue weighted by Crippen LogP contribution is -2.49. The molecule has 4 heteroatoms. The maximum absolute atomic E-state index is 13.0. The standard InChI is InChI=1S/C17H22N2O2/c20-17(18-9-11-21-12-10-18)19(14-6-7-14)16-8-5-13-3-1-2-4-15(13)16/h1-4,14,16H,5-12H2. The van der Waals surface area contributed by atoms with Crippen LogP contribution in [0.15, 0.2) is 24.3 Å². The van der Waals surface area contributed by atoms with E-state index in [9.17, 15) is 4.79 Å². The zero-order valence-electron chi connectivity index (χ0n) is 12.3. The van der Waals surface area contributed by atoms with Gasteiger partial charge in [0.15, 0.2) is 0 Å². The van der Waals surface area contributed by atoms with E-state index >= 15 is 0 Å². The molecule has 2 aliphatic carbocycles. The van der Waals surface area contributed by atoms with Crippen molar-refractivity contribution in [1.29, 1.82) is 0 Å². The van der Waals surface area contributed by atoms with Gasteiger partial charge in [-0.25, -0.2) is 4.79 Å². The normalized spacial score (nSPS) is 24.8. The summed E-state index contributed by atoms with van der Waals surface area (Å²) in [4.78, 5) is 17.1. The Morgan fingerprint density at radius 2 is 1.90 bits per heavy atom. The van der Waals surface area contributed by atoms with Crippen molar-refractivity contribution in [1.82, 2.24) is 9.80 Å². The Labute approximate surface area is 125 Å². The molecule has 0 radical (unpaired) electrons. The number of hydrogen-bond acceptors (Lipinski definition) is 2. The van der Waals surface area contributed by atoms with E-state index in [2.05, 4.69) is 29.2 Å². The number of nitrogens with zero attached hydrogens (tertiary/aromatic N) is 2. The Hall–Kier alpha value is -1.55. The summed E-state index contributed by atoms with van der Waals surface area (Å²) in [6.07, 6.45) is 4.50. The van der Waals surface area contributed by atoms with E-state index < -0.39 is 0 Å². The molecule has 2 fully saturated rings. The summed E-state index contributed by atoms with van der Waals surface area (Å²) in [6.45, 7) is 2.81. The number of fused-ring (bicyclic) bond motifs is 1. The van der Waals surface area contributed by atoms with Gasteiger partial charge in [-0.15, -0.1) is 0 Å². The summed E-state index contributed by atoms with van der Waals surface area (Å²) in [6, 6.07) is 9.57. The second-order valence-electron chi connectivity index (χ2n) is 6.27. The largest absolute Gasteiger partial charge is 0.378 e. The fourth-order valence-corrected chi connectivity index (χ4v) is 3.64. The van der Waals surface area contributed by atoms with Gasteiger partial charge in [0.05, 0.1) is 19.3 Å². The minimum absolute atomic E-state index is 0.225. The van der Waals surface area contributed by atoms with Gasteiger partial charge in [-0.1, -0.05) is 24.3 Å². The first kappa shape index (κ1) is 13.1. The van der Waals surface area contributed by atoms with Crippen LogP contribution in [-0.2, 0) is 11.2 Å². The molecule has 1 heterocycles. The van der Waals surface area contributed by atoms with Crippen LogP contribution in [0.4, 0.5) is 4.79 Å². The van der Waals surface area contributed by atoms with Gasteiger partial charge in [0.1, 0.15) is 0 Å². The van der Waals surface area contributed by atoms with Crippen molar-refractivity contribution >= 4 is 6.03 Å². The maximum atomic E-state index is 13.0. The van der Waals surface area contributed by atoms with Crippen molar-refractivity contribution in [2.75, 3.05) is 26.3 Å². The molecule has 0 aromatic heterocycles. The van der Waals surface area contributed by atoms with E-state index in [0.717, 1.165) is 38.8 Å². The average molecular weight is 286 g/mol. The first-order chi connectivity index (χ1) is 10.3. The van der Waals surface area contributed by atoms with E-state index in [4.69, 9.17) is 4.74 Å². The summed E-state index contributed by atoms with van der Waals surface area (Å²) in [5.41, 5.74) is 2.79. The summed E-state index contributed by atoms with van der Waals surface area (Å²) in [7, 11) is 0. The summed E-state index contributed by atoms with van der Waals surface area (Å²) in [5, 5.41) is 0. The maximum Gasteiger partial charge on any atom is 0.320 e. The first-order valence-corrected chi connectivity index (χ1v) is 8.07. The van der Waals surface area contributed by atoms with Gasteiger partial charge in [-0.05, 0) is 36.8 Å². The van der Waals surface area contributed by atoms with Crippen LogP contribution in [-0.4, -0.2) is 48.2 Å². The molecule has 0 N–H and O–H groups in total. The van der Waals surface area contributed by atoms with Crippen molar-refractivity contribution in [3.8, 4) is 0 Å². The molecule has 4 rings (SSSR count). The van der Waals surface area contributed by atoms with E-state index in [1.54, 1.807) is 0 Å². The predicted octanol–water partition coefficient (Wildman–Crippen LogP) is 2.59. The Balaban J connectivity index is 1.59. The van der Waals surface area contributed by atoms with E-state index in [-0.39, 0.29) is 12.1 Å². The van der Waals surface area contributed by atoms with Crippen LogP contribution in [0.5, 0.6) is 0 Å². The highest BCUT2D eigenvalue weighted by Crippen LogP contribution is 2.42. The number of carbonyl (C=O) groups is 1. The Kier molecular flexibility index (Phi) is 3.34. The fourth-order valence-electron chi connectivity index (χ4n) is 3.64. The van der Waals surface area contributed by atoms with Crippen LogP contribution < -0.4 is 0 Å². The van der Waals surface area contributed by atoms with E-state index in [1.807, 2.05) is 4.90 Å². The molecule has 21 heavy (non-hydrogen) atoms. The van der Waals surface area contributed by atoms with Crippen LogP contribution in [0.3, 0.4) is 0 Å². The molecule has 1 atom stereocenters. The number of urea groups is 1. The van der Waals surface area contributed by atoms with Crippen LogP contribution in [0.1, 0.15) is 36.4 Å². The third-order valence-electron chi connectivity index (χ3n) is 4.88. The molecule has 1 saturated heterocycles. The number of hydrogen-bond donors (Lipinski definition) is 0. The molecular formula is C17H22N2O2. The summed E-state index contributed by atoms with van der Waals surface area (Å²) < 4.78 is 5.38. The van der Waals surface area contributed by atoms with Crippen molar-refractivity contribution in [3.05, 3.63) is 35.4 Å². The van der Waals surface area contributed by atoms with Gasteiger partial charge < -0.3 is 14.5 Å². The monoisotopic (exact) mass is 286 g/mol. The second kappa shape index (κ2) is 5.34. The number of ether oxygens (including phenoxy) is 1. The quantitative estimate of drug-likeness (QED) is 0.837. The number of benzene rings is 1. The number of amides is 2. The molecule has 1 aliphatic heterocycles. The van der Waals surface area contributed by atoms with Crippen molar-refractivity contribution in [2.45, 2.75) is 37.8 Å². The molecule has 1 aromatic carbocycles. The van der Waals surface area contributed by atoms with Gasteiger partial charge in [0.2, 0.25) is 0 Å². The third kappa shape index (κ3) is 2.42. The van der Waals surface area contributed by atoms with Crippen molar-refractivity contribution in [2.24, 2.45) is 0 Å². The molecule has 1 unspecified atom stereocenters. The second-order valence-corrected chi connectivity index (χ2v) is 6.27. The average Bonchev–Trinajstić information content (AvgIpc) is 3.29. The molecule has 3 aliphatic rings. The molecule has 0 spiro atoms. The molecule has 1 saturated carbocycles. The number of carbonyl (C=O) groups excluding carboxylic acids is 1. The zero-order chi connectivity index (χ0) is 14.2. The highest BCUT2D eigenvalue weighted by Gasteiger charge is 2.42. The Bertz CT molecular complexity index is 535. The van der Waals surface area contributed by atoms with Gasteiger partial charge in [-0.2, -0.15) is 0 Å². The first-order valence-electron chi connectivity index (χ1n) is 8.07. The number of aryl methyl sites for hydroxylation is 1. The highest BCUT2D eigenvalue weighted by atomic mass is 16.5. The summed E-state index contributed by atoms with van der Waals surface area (Å²) in [5.74, 6) is 0. The number of morpholine rings is 1. The Morgan fingerprint density at radius 1 is 1.14 bits per heavy atom. The van der Waals surface area contributed by atoms with Crippen molar-refractivity contribution < 1.29 is 9.53 Å². The smallest absolute Gasteiger partial charge is 0.320 e. The van der Waals surface area contributed by atoms with Crippen LogP contribution in [0.25, 0.3) is 0 Å².